The second-order valence-electron chi connectivity index (χ2n) is 4.55. The van der Waals surface area contributed by atoms with Gasteiger partial charge in [0.05, 0.1) is 9.95 Å². The summed E-state index contributed by atoms with van der Waals surface area (Å²) in [6.07, 6.45) is 0. The van der Waals surface area contributed by atoms with Gasteiger partial charge >= 0.3 is 0 Å². The molecule has 1 heterocycles. The van der Waals surface area contributed by atoms with Gasteiger partial charge < -0.3 is 10.3 Å². The van der Waals surface area contributed by atoms with Crippen LogP contribution >= 0.6 is 11.8 Å². The number of anilines is 1. The molecule has 0 fully saturated rings. The van der Waals surface area contributed by atoms with Crippen LogP contribution in [0.1, 0.15) is 0 Å². The number of aromatic amines is 1. The van der Waals surface area contributed by atoms with E-state index in [0.717, 1.165) is 26.5 Å². The van der Waals surface area contributed by atoms with Gasteiger partial charge in [0.1, 0.15) is 0 Å². The molecule has 3 rings (SSSR count). The molecule has 6 heteroatoms. The summed E-state index contributed by atoms with van der Waals surface area (Å²) in [7, 11) is 1.75. The third-order valence-electron chi connectivity index (χ3n) is 3.12. The standard InChI is InChI=1S/C15H13N3O2S/c1-16-11-7-12(18(19)20)9-13(8-11)21-15-6-10-4-2-3-5-14(10)17-15/h2-9,16-17H,1H3. The number of non-ortho nitro benzene ring substituents is 1. The summed E-state index contributed by atoms with van der Waals surface area (Å²) in [4.78, 5) is 14.7. The number of fused-ring (bicyclic) bond motifs is 1. The Morgan fingerprint density at radius 3 is 2.71 bits per heavy atom. The molecule has 0 atom stereocenters. The number of para-hydroxylation sites is 1. The normalized spacial score (nSPS) is 10.7. The van der Waals surface area contributed by atoms with Crippen LogP contribution in [-0.2, 0) is 0 Å². The van der Waals surface area contributed by atoms with Gasteiger partial charge in [-0.15, -0.1) is 0 Å². The van der Waals surface area contributed by atoms with E-state index in [0.29, 0.717) is 0 Å². The minimum atomic E-state index is -0.379. The Kier molecular flexibility index (Phi) is 3.53. The van der Waals surface area contributed by atoms with Gasteiger partial charge in [0, 0.05) is 40.7 Å². The minimum Gasteiger partial charge on any atom is -0.388 e. The van der Waals surface area contributed by atoms with Crippen molar-refractivity contribution in [2.24, 2.45) is 0 Å². The van der Waals surface area contributed by atoms with Crippen LogP contribution in [0.2, 0.25) is 0 Å². The molecule has 0 aliphatic heterocycles. The molecule has 0 bridgehead atoms. The van der Waals surface area contributed by atoms with Crippen LogP contribution in [0.15, 0.2) is 58.5 Å². The predicted octanol–water partition coefficient (Wildman–Crippen LogP) is 4.27. The lowest BCUT2D eigenvalue weighted by atomic mass is 10.3. The summed E-state index contributed by atoms with van der Waals surface area (Å²) >= 11 is 1.47. The zero-order valence-electron chi connectivity index (χ0n) is 11.3. The monoisotopic (exact) mass is 299 g/mol. The molecule has 1 aromatic heterocycles. The molecule has 21 heavy (non-hydrogen) atoms. The molecule has 0 radical (unpaired) electrons. The van der Waals surface area contributed by atoms with Crippen LogP contribution in [0.5, 0.6) is 0 Å². The van der Waals surface area contributed by atoms with Crippen molar-refractivity contribution >= 4 is 34.0 Å². The van der Waals surface area contributed by atoms with E-state index in [1.165, 1.54) is 17.8 Å². The zero-order valence-corrected chi connectivity index (χ0v) is 12.1. The van der Waals surface area contributed by atoms with Crippen molar-refractivity contribution in [2.75, 3.05) is 12.4 Å². The highest BCUT2D eigenvalue weighted by Crippen LogP contribution is 2.33. The van der Waals surface area contributed by atoms with E-state index in [-0.39, 0.29) is 10.6 Å². The molecular weight excluding hydrogens is 286 g/mol. The number of hydrogen-bond donors (Lipinski definition) is 2. The number of rotatable bonds is 4. The Morgan fingerprint density at radius 2 is 2.00 bits per heavy atom. The third kappa shape index (κ3) is 2.85. The fraction of sp³-hybridized carbons (Fsp3) is 0.0667. The first-order valence-corrected chi connectivity index (χ1v) is 7.20. The highest BCUT2D eigenvalue weighted by Gasteiger charge is 2.11. The number of nitrogens with one attached hydrogen (secondary N) is 2. The van der Waals surface area contributed by atoms with Crippen LogP contribution in [0.3, 0.4) is 0 Å². The van der Waals surface area contributed by atoms with Crippen molar-refractivity contribution in [3.05, 3.63) is 58.6 Å². The Hall–Kier alpha value is -2.47. The first-order chi connectivity index (χ1) is 10.2. The van der Waals surface area contributed by atoms with E-state index in [9.17, 15) is 10.1 Å². The van der Waals surface area contributed by atoms with Crippen molar-refractivity contribution in [3.8, 4) is 0 Å². The van der Waals surface area contributed by atoms with E-state index < -0.39 is 0 Å². The fourth-order valence-electron chi connectivity index (χ4n) is 2.12. The van der Waals surface area contributed by atoms with Crippen LogP contribution in [0.25, 0.3) is 10.9 Å². The largest absolute Gasteiger partial charge is 0.388 e. The summed E-state index contributed by atoms with van der Waals surface area (Å²) in [5.74, 6) is 0. The quantitative estimate of drug-likeness (QED) is 0.557. The molecule has 2 aromatic carbocycles. The number of aromatic nitrogens is 1. The topological polar surface area (TPSA) is 71.0 Å². The number of nitro groups is 1. The van der Waals surface area contributed by atoms with Gasteiger partial charge in [-0.3, -0.25) is 10.1 Å². The molecule has 0 aliphatic rings. The molecule has 0 amide bonds. The predicted molar refractivity (Wildman–Crippen MR) is 85.1 cm³/mol. The molecule has 0 saturated heterocycles. The summed E-state index contributed by atoms with van der Waals surface area (Å²) in [6.45, 7) is 0. The smallest absolute Gasteiger partial charge is 0.272 e. The van der Waals surface area contributed by atoms with Crippen LogP contribution in [0, 0.1) is 10.1 Å². The Morgan fingerprint density at radius 1 is 1.19 bits per heavy atom. The number of hydrogen-bond acceptors (Lipinski definition) is 4. The summed E-state index contributed by atoms with van der Waals surface area (Å²) < 4.78 is 0. The van der Waals surface area contributed by atoms with Gasteiger partial charge in [-0.05, 0) is 18.2 Å². The van der Waals surface area contributed by atoms with Crippen molar-refractivity contribution in [1.82, 2.24) is 4.98 Å². The van der Waals surface area contributed by atoms with E-state index in [2.05, 4.69) is 10.3 Å². The molecule has 5 nitrogen and oxygen atoms in total. The number of benzene rings is 2. The van der Waals surface area contributed by atoms with Crippen LogP contribution in [-0.4, -0.2) is 17.0 Å². The SMILES string of the molecule is CNc1cc(Sc2cc3ccccc3[nH]2)cc([N+](=O)[O-])c1. The van der Waals surface area contributed by atoms with Crippen molar-refractivity contribution in [1.29, 1.82) is 0 Å². The minimum absolute atomic E-state index is 0.0838. The second-order valence-corrected chi connectivity index (χ2v) is 5.66. The maximum atomic E-state index is 11.0. The molecule has 0 aliphatic carbocycles. The lowest BCUT2D eigenvalue weighted by Crippen LogP contribution is -1.93. The number of nitro benzene ring substituents is 1. The first-order valence-electron chi connectivity index (χ1n) is 6.38. The molecular formula is C15H13N3O2S. The van der Waals surface area contributed by atoms with Gasteiger partial charge in [0.25, 0.3) is 5.69 Å². The van der Waals surface area contributed by atoms with E-state index in [1.807, 2.05) is 36.4 Å². The van der Waals surface area contributed by atoms with Gasteiger partial charge in [0.2, 0.25) is 0 Å². The van der Waals surface area contributed by atoms with E-state index >= 15 is 0 Å². The number of nitrogens with zero attached hydrogens (tertiary/aromatic N) is 1. The summed E-state index contributed by atoms with van der Waals surface area (Å²) in [5.41, 5.74) is 1.86. The maximum absolute atomic E-state index is 11.0. The van der Waals surface area contributed by atoms with Crippen molar-refractivity contribution < 1.29 is 4.92 Å². The Balaban J connectivity index is 1.96. The second kappa shape index (κ2) is 5.49. The van der Waals surface area contributed by atoms with Crippen LogP contribution in [0.4, 0.5) is 11.4 Å². The van der Waals surface area contributed by atoms with Crippen molar-refractivity contribution in [2.45, 2.75) is 9.92 Å². The molecule has 0 unspecified atom stereocenters. The summed E-state index contributed by atoms with van der Waals surface area (Å²) in [5, 5.41) is 16.0. The average molecular weight is 299 g/mol. The Bertz CT molecular complexity index is 781. The Labute approximate surface area is 125 Å². The zero-order chi connectivity index (χ0) is 14.8. The average Bonchev–Trinajstić information content (AvgIpc) is 2.88. The maximum Gasteiger partial charge on any atom is 0.272 e. The lowest BCUT2D eigenvalue weighted by molar-refractivity contribution is -0.385. The lowest BCUT2D eigenvalue weighted by Gasteiger charge is -2.04. The van der Waals surface area contributed by atoms with Gasteiger partial charge in [-0.2, -0.15) is 0 Å². The molecule has 3 aromatic rings. The van der Waals surface area contributed by atoms with Crippen molar-refractivity contribution in [3.63, 3.8) is 0 Å². The highest BCUT2D eigenvalue weighted by molar-refractivity contribution is 7.99. The van der Waals surface area contributed by atoms with Gasteiger partial charge in [-0.1, -0.05) is 30.0 Å². The molecule has 2 N–H and O–H groups in total. The van der Waals surface area contributed by atoms with E-state index in [1.54, 1.807) is 13.1 Å². The van der Waals surface area contributed by atoms with Gasteiger partial charge in [-0.25, -0.2) is 0 Å². The van der Waals surface area contributed by atoms with Crippen LogP contribution < -0.4 is 5.32 Å². The van der Waals surface area contributed by atoms with E-state index in [4.69, 9.17) is 0 Å². The summed E-state index contributed by atoms with van der Waals surface area (Å²) in [6, 6.07) is 15.0. The third-order valence-corrected chi connectivity index (χ3v) is 4.04. The number of H-pyrrole nitrogens is 1. The van der Waals surface area contributed by atoms with Gasteiger partial charge in [0.15, 0.2) is 0 Å². The molecule has 0 spiro atoms. The fourth-order valence-corrected chi connectivity index (χ4v) is 3.09. The first kappa shape index (κ1) is 13.5. The molecule has 106 valence electrons. The molecule has 0 saturated carbocycles. The highest BCUT2D eigenvalue weighted by atomic mass is 32.2.